The Balaban J connectivity index is 2.44. The van der Waals surface area contributed by atoms with Crippen LogP contribution in [0.5, 0.6) is 0 Å². The van der Waals surface area contributed by atoms with Crippen LogP contribution in [0.4, 0.5) is 5.69 Å². The largest absolute Gasteiger partial charge is 0.477 e. The molecule has 0 bridgehead atoms. The Morgan fingerprint density at radius 3 is 3.00 bits per heavy atom. The van der Waals surface area contributed by atoms with Crippen molar-refractivity contribution in [2.45, 2.75) is 6.92 Å². The van der Waals surface area contributed by atoms with Crippen molar-refractivity contribution in [2.24, 2.45) is 0 Å². The number of hydrogen-bond acceptors (Lipinski definition) is 4. The van der Waals surface area contributed by atoms with E-state index in [9.17, 15) is 4.79 Å². The molecule has 3 rings (SSSR count). The average molecular weight is 231 g/mol. The fraction of sp³-hybridized carbons (Fsp3) is 0.0909. The summed E-state index contributed by atoms with van der Waals surface area (Å²) in [5.74, 6) is -0.501. The Morgan fingerprint density at radius 2 is 2.29 bits per heavy atom. The smallest absolute Gasteiger partial charge is 0.352 e. The van der Waals surface area contributed by atoms with Crippen LogP contribution in [0.25, 0.3) is 22.0 Å². The molecule has 2 heterocycles. The number of nitrogens with two attached hydrogens (primary N) is 1. The SMILES string of the molecule is Cc1nc2c(N)c3[nH]c(C(=O)O)cc3cc2o1. The second kappa shape index (κ2) is 3.00. The number of hydrogen-bond donors (Lipinski definition) is 3. The van der Waals surface area contributed by atoms with Crippen molar-refractivity contribution < 1.29 is 14.3 Å². The van der Waals surface area contributed by atoms with E-state index in [1.165, 1.54) is 6.07 Å². The van der Waals surface area contributed by atoms with Gasteiger partial charge in [-0.15, -0.1) is 0 Å². The fourth-order valence-electron chi connectivity index (χ4n) is 1.92. The molecule has 0 spiro atoms. The van der Waals surface area contributed by atoms with Gasteiger partial charge < -0.3 is 20.2 Å². The lowest BCUT2D eigenvalue weighted by atomic mass is 10.2. The Kier molecular flexibility index (Phi) is 1.72. The third kappa shape index (κ3) is 1.27. The number of aromatic nitrogens is 2. The van der Waals surface area contributed by atoms with Crippen LogP contribution in [0.2, 0.25) is 0 Å². The molecule has 0 aliphatic heterocycles. The maximum Gasteiger partial charge on any atom is 0.352 e. The Bertz CT molecular complexity index is 754. The molecule has 0 fully saturated rings. The first-order chi connectivity index (χ1) is 8.06. The van der Waals surface area contributed by atoms with Crippen LogP contribution < -0.4 is 5.73 Å². The Morgan fingerprint density at radius 1 is 1.53 bits per heavy atom. The van der Waals surface area contributed by atoms with Crippen LogP contribution >= 0.6 is 0 Å². The summed E-state index contributed by atoms with van der Waals surface area (Å²) in [6.45, 7) is 1.73. The number of aromatic carboxylic acids is 1. The number of nitrogens with zero attached hydrogens (tertiary/aromatic N) is 1. The van der Waals surface area contributed by atoms with E-state index < -0.39 is 5.97 Å². The summed E-state index contributed by atoms with van der Waals surface area (Å²) in [6, 6.07) is 3.25. The Labute approximate surface area is 95.0 Å². The lowest BCUT2D eigenvalue weighted by Gasteiger charge is -1.96. The molecule has 3 aromatic rings. The summed E-state index contributed by atoms with van der Waals surface area (Å²) < 4.78 is 5.37. The highest BCUT2D eigenvalue weighted by Gasteiger charge is 2.14. The summed E-state index contributed by atoms with van der Waals surface area (Å²) in [5.41, 5.74) is 8.11. The standard InChI is InChI=1S/C11H9N3O3/c1-4-13-10-7(17-4)3-5-2-6(11(15)16)14-9(5)8(10)12/h2-3,14H,12H2,1H3,(H,15,16). The summed E-state index contributed by atoms with van der Waals surface area (Å²) in [7, 11) is 0. The van der Waals surface area contributed by atoms with E-state index in [0.717, 1.165) is 0 Å². The molecule has 0 aliphatic rings. The monoisotopic (exact) mass is 231 g/mol. The maximum atomic E-state index is 10.9. The van der Waals surface area contributed by atoms with E-state index >= 15 is 0 Å². The van der Waals surface area contributed by atoms with E-state index in [-0.39, 0.29) is 5.69 Å². The van der Waals surface area contributed by atoms with Crippen molar-refractivity contribution in [1.82, 2.24) is 9.97 Å². The summed E-state index contributed by atoms with van der Waals surface area (Å²) in [6.07, 6.45) is 0. The summed E-state index contributed by atoms with van der Waals surface area (Å²) in [5, 5.41) is 9.60. The first-order valence-corrected chi connectivity index (χ1v) is 4.98. The van der Waals surface area contributed by atoms with Crippen molar-refractivity contribution in [3.05, 3.63) is 23.7 Å². The molecular weight excluding hydrogens is 222 g/mol. The number of carboxylic acids is 1. The number of rotatable bonds is 1. The number of H-pyrrole nitrogens is 1. The second-order valence-corrected chi connectivity index (χ2v) is 3.82. The second-order valence-electron chi connectivity index (χ2n) is 3.82. The molecule has 0 aliphatic carbocycles. The molecule has 2 aromatic heterocycles. The van der Waals surface area contributed by atoms with Gasteiger partial charge in [-0.2, -0.15) is 0 Å². The van der Waals surface area contributed by atoms with Crippen LogP contribution in [0.15, 0.2) is 16.5 Å². The summed E-state index contributed by atoms with van der Waals surface area (Å²) in [4.78, 5) is 17.8. The fourth-order valence-corrected chi connectivity index (χ4v) is 1.92. The first-order valence-electron chi connectivity index (χ1n) is 4.98. The van der Waals surface area contributed by atoms with Gasteiger partial charge in [0, 0.05) is 12.3 Å². The van der Waals surface area contributed by atoms with Crippen molar-refractivity contribution in [3.8, 4) is 0 Å². The van der Waals surface area contributed by atoms with Crippen molar-refractivity contribution >= 4 is 33.7 Å². The topological polar surface area (TPSA) is 105 Å². The number of anilines is 1. The number of carboxylic acid groups (broad SMARTS) is 1. The minimum atomic E-state index is -1.03. The van der Waals surface area contributed by atoms with Gasteiger partial charge in [-0.3, -0.25) is 0 Å². The van der Waals surface area contributed by atoms with Gasteiger partial charge in [-0.1, -0.05) is 0 Å². The molecule has 0 atom stereocenters. The molecule has 4 N–H and O–H groups in total. The molecule has 0 saturated heterocycles. The molecule has 0 unspecified atom stereocenters. The third-order valence-electron chi connectivity index (χ3n) is 2.65. The van der Waals surface area contributed by atoms with Gasteiger partial charge in [0.2, 0.25) is 0 Å². The van der Waals surface area contributed by atoms with Crippen LogP contribution in [-0.2, 0) is 0 Å². The van der Waals surface area contributed by atoms with Gasteiger partial charge in [0.15, 0.2) is 11.5 Å². The molecule has 6 heteroatoms. The number of oxazole rings is 1. The third-order valence-corrected chi connectivity index (χ3v) is 2.65. The lowest BCUT2D eigenvalue weighted by molar-refractivity contribution is 0.0691. The van der Waals surface area contributed by atoms with E-state index in [2.05, 4.69) is 9.97 Å². The predicted molar refractivity (Wildman–Crippen MR) is 62.0 cm³/mol. The molecule has 1 aromatic carbocycles. The minimum Gasteiger partial charge on any atom is -0.477 e. The quantitative estimate of drug-likeness (QED) is 0.554. The summed E-state index contributed by atoms with van der Waals surface area (Å²) >= 11 is 0. The zero-order valence-corrected chi connectivity index (χ0v) is 8.94. The minimum absolute atomic E-state index is 0.0936. The highest BCUT2D eigenvalue weighted by atomic mass is 16.4. The van der Waals surface area contributed by atoms with Crippen molar-refractivity contribution in [2.75, 3.05) is 5.73 Å². The number of fused-ring (bicyclic) bond motifs is 2. The Hall–Kier alpha value is -2.50. The normalized spacial score (nSPS) is 11.4. The lowest BCUT2D eigenvalue weighted by Crippen LogP contribution is -1.95. The number of nitrogen functional groups attached to an aromatic ring is 1. The van der Waals surface area contributed by atoms with Crippen LogP contribution in [0.1, 0.15) is 16.4 Å². The molecule has 0 radical (unpaired) electrons. The van der Waals surface area contributed by atoms with E-state index in [1.54, 1.807) is 13.0 Å². The van der Waals surface area contributed by atoms with E-state index in [0.29, 0.717) is 33.6 Å². The van der Waals surface area contributed by atoms with Crippen molar-refractivity contribution in [1.29, 1.82) is 0 Å². The highest BCUT2D eigenvalue weighted by molar-refractivity contribution is 6.07. The maximum absolute atomic E-state index is 10.9. The van der Waals surface area contributed by atoms with E-state index in [1.807, 2.05) is 0 Å². The number of nitrogens with one attached hydrogen (secondary N) is 1. The van der Waals surface area contributed by atoms with Gasteiger partial charge in [0.25, 0.3) is 0 Å². The number of benzene rings is 1. The zero-order valence-electron chi connectivity index (χ0n) is 8.94. The molecule has 0 amide bonds. The van der Waals surface area contributed by atoms with Crippen LogP contribution in [0.3, 0.4) is 0 Å². The number of carbonyl (C=O) groups is 1. The molecule has 86 valence electrons. The molecular formula is C11H9N3O3. The van der Waals surface area contributed by atoms with Gasteiger partial charge in [0.05, 0.1) is 11.2 Å². The molecule has 17 heavy (non-hydrogen) atoms. The number of aryl methyl sites for hydroxylation is 1. The predicted octanol–water partition coefficient (Wildman–Crippen LogP) is 1.90. The molecule has 0 saturated carbocycles. The average Bonchev–Trinajstić information content (AvgIpc) is 2.81. The highest BCUT2D eigenvalue weighted by Crippen LogP contribution is 2.30. The van der Waals surface area contributed by atoms with Gasteiger partial charge in [-0.25, -0.2) is 9.78 Å². The van der Waals surface area contributed by atoms with Gasteiger partial charge >= 0.3 is 5.97 Å². The van der Waals surface area contributed by atoms with E-state index in [4.69, 9.17) is 15.3 Å². The van der Waals surface area contributed by atoms with Gasteiger partial charge in [-0.05, 0) is 12.1 Å². The first kappa shape index (κ1) is 9.71. The number of aromatic amines is 1. The van der Waals surface area contributed by atoms with Gasteiger partial charge in [0.1, 0.15) is 11.2 Å². The molecule has 6 nitrogen and oxygen atoms in total. The zero-order chi connectivity index (χ0) is 12.2. The van der Waals surface area contributed by atoms with Crippen molar-refractivity contribution in [3.63, 3.8) is 0 Å². The van der Waals surface area contributed by atoms with Crippen LogP contribution in [-0.4, -0.2) is 21.0 Å². The van der Waals surface area contributed by atoms with Crippen LogP contribution in [0, 0.1) is 6.92 Å².